The summed E-state index contributed by atoms with van der Waals surface area (Å²) in [7, 11) is 1.35. The zero-order chi connectivity index (χ0) is 12.0. The van der Waals surface area contributed by atoms with E-state index >= 15 is 0 Å². The fourth-order valence-electron chi connectivity index (χ4n) is 1.09. The van der Waals surface area contributed by atoms with Crippen molar-refractivity contribution < 1.29 is 9.53 Å². The fraction of sp³-hybridized carbons (Fsp3) is 0.455. The molecule has 1 N–H and O–H groups in total. The molecule has 1 atom stereocenters. The molecule has 1 heterocycles. The van der Waals surface area contributed by atoms with Gasteiger partial charge in [0.1, 0.15) is 5.01 Å². The van der Waals surface area contributed by atoms with Crippen molar-refractivity contribution in [1.82, 2.24) is 10.3 Å². The standard InChI is InChI=1S/C11H16N2O2S/c1-4-9-7-13-11(16-9)8(2)12-6-5-10(14)15-3/h5-8,12H,4H2,1-3H3/b6-5+. The Balaban J connectivity index is 2.49. The van der Waals surface area contributed by atoms with E-state index in [1.807, 2.05) is 13.1 Å². The second kappa shape index (κ2) is 6.27. The molecule has 1 aromatic heterocycles. The van der Waals surface area contributed by atoms with E-state index in [1.54, 1.807) is 17.5 Å². The molecule has 16 heavy (non-hydrogen) atoms. The minimum absolute atomic E-state index is 0.103. The van der Waals surface area contributed by atoms with Crippen LogP contribution in [0.3, 0.4) is 0 Å². The van der Waals surface area contributed by atoms with Crippen LogP contribution in [-0.2, 0) is 16.0 Å². The summed E-state index contributed by atoms with van der Waals surface area (Å²) >= 11 is 1.68. The molecule has 0 saturated heterocycles. The Labute approximate surface area is 99.3 Å². The first-order valence-electron chi connectivity index (χ1n) is 5.12. The van der Waals surface area contributed by atoms with Gasteiger partial charge in [-0.1, -0.05) is 6.92 Å². The van der Waals surface area contributed by atoms with Crippen LogP contribution in [0.25, 0.3) is 0 Å². The predicted octanol–water partition coefficient (Wildman–Crippen LogP) is 2.04. The third kappa shape index (κ3) is 3.66. The highest BCUT2D eigenvalue weighted by molar-refractivity contribution is 7.11. The quantitative estimate of drug-likeness (QED) is 0.632. The van der Waals surface area contributed by atoms with Crippen LogP contribution in [0.4, 0.5) is 0 Å². The van der Waals surface area contributed by atoms with Crippen molar-refractivity contribution in [3.05, 3.63) is 28.4 Å². The van der Waals surface area contributed by atoms with Crippen molar-refractivity contribution in [3.63, 3.8) is 0 Å². The number of carbonyl (C=O) groups is 1. The molecule has 88 valence electrons. The van der Waals surface area contributed by atoms with E-state index in [1.165, 1.54) is 18.1 Å². The van der Waals surface area contributed by atoms with Crippen molar-refractivity contribution in [3.8, 4) is 0 Å². The summed E-state index contributed by atoms with van der Waals surface area (Å²) < 4.78 is 4.48. The molecule has 0 saturated carbocycles. The molecule has 4 nitrogen and oxygen atoms in total. The number of rotatable bonds is 5. The Morgan fingerprint density at radius 2 is 2.50 bits per heavy atom. The largest absolute Gasteiger partial charge is 0.466 e. The van der Waals surface area contributed by atoms with Gasteiger partial charge in [0.15, 0.2) is 0 Å². The molecule has 0 radical (unpaired) electrons. The first kappa shape index (κ1) is 12.7. The van der Waals surface area contributed by atoms with Crippen LogP contribution in [-0.4, -0.2) is 18.1 Å². The van der Waals surface area contributed by atoms with Crippen molar-refractivity contribution in [2.24, 2.45) is 0 Å². The molecular formula is C11H16N2O2S. The van der Waals surface area contributed by atoms with Gasteiger partial charge in [-0.05, 0) is 13.3 Å². The number of aromatic nitrogens is 1. The van der Waals surface area contributed by atoms with Gasteiger partial charge in [0.25, 0.3) is 0 Å². The summed E-state index contributed by atoms with van der Waals surface area (Å²) in [5, 5.41) is 4.09. The molecular weight excluding hydrogens is 224 g/mol. The lowest BCUT2D eigenvalue weighted by Gasteiger charge is -2.07. The average Bonchev–Trinajstić information content (AvgIpc) is 2.77. The lowest BCUT2D eigenvalue weighted by atomic mass is 10.3. The van der Waals surface area contributed by atoms with E-state index in [-0.39, 0.29) is 12.0 Å². The highest BCUT2D eigenvalue weighted by atomic mass is 32.1. The summed E-state index contributed by atoms with van der Waals surface area (Å²) in [6.07, 6.45) is 5.83. The zero-order valence-electron chi connectivity index (χ0n) is 9.69. The van der Waals surface area contributed by atoms with Crippen LogP contribution >= 0.6 is 11.3 Å². The number of aryl methyl sites for hydroxylation is 1. The summed E-state index contributed by atoms with van der Waals surface area (Å²) in [5.74, 6) is -0.368. The van der Waals surface area contributed by atoms with E-state index in [0.717, 1.165) is 11.4 Å². The van der Waals surface area contributed by atoms with Crippen molar-refractivity contribution in [2.45, 2.75) is 26.3 Å². The van der Waals surface area contributed by atoms with Gasteiger partial charge >= 0.3 is 5.97 Å². The predicted molar refractivity (Wildman–Crippen MR) is 64.2 cm³/mol. The SMILES string of the molecule is CCc1cnc(C(C)N/C=C/C(=O)OC)s1. The fourth-order valence-corrected chi connectivity index (χ4v) is 1.95. The van der Waals surface area contributed by atoms with Crippen LogP contribution in [0.1, 0.15) is 29.8 Å². The maximum absolute atomic E-state index is 10.8. The molecule has 1 unspecified atom stereocenters. The van der Waals surface area contributed by atoms with Crippen LogP contribution < -0.4 is 5.32 Å². The van der Waals surface area contributed by atoms with Crippen molar-refractivity contribution in [2.75, 3.05) is 7.11 Å². The molecule has 0 aromatic carbocycles. The van der Waals surface area contributed by atoms with Crippen LogP contribution in [0.15, 0.2) is 18.5 Å². The molecule has 0 amide bonds. The third-order valence-electron chi connectivity index (χ3n) is 2.06. The van der Waals surface area contributed by atoms with Crippen LogP contribution in [0.5, 0.6) is 0 Å². The molecule has 0 aliphatic carbocycles. The normalized spacial score (nSPS) is 12.7. The van der Waals surface area contributed by atoms with E-state index in [4.69, 9.17) is 0 Å². The summed E-state index contributed by atoms with van der Waals surface area (Å²) in [6, 6.07) is 0.103. The molecule has 0 fully saturated rings. The van der Waals surface area contributed by atoms with Crippen LogP contribution in [0, 0.1) is 0 Å². The summed E-state index contributed by atoms with van der Waals surface area (Å²) in [6.45, 7) is 4.10. The van der Waals surface area contributed by atoms with E-state index in [0.29, 0.717) is 0 Å². The first-order valence-corrected chi connectivity index (χ1v) is 5.94. The molecule has 0 aliphatic heterocycles. The van der Waals surface area contributed by atoms with Gasteiger partial charge in [-0.15, -0.1) is 11.3 Å². The molecule has 0 bridgehead atoms. The van der Waals surface area contributed by atoms with E-state index in [9.17, 15) is 4.79 Å². The maximum atomic E-state index is 10.8. The van der Waals surface area contributed by atoms with Crippen molar-refractivity contribution >= 4 is 17.3 Å². The Bertz CT molecular complexity index is 374. The number of hydrogen-bond acceptors (Lipinski definition) is 5. The molecule has 0 aliphatic rings. The lowest BCUT2D eigenvalue weighted by molar-refractivity contribution is -0.134. The molecule has 5 heteroatoms. The minimum atomic E-state index is -0.368. The van der Waals surface area contributed by atoms with E-state index in [2.05, 4.69) is 22.0 Å². The van der Waals surface area contributed by atoms with Gasteiger partial charge in [0, 0.05) is 23.3 Å². The number of methoxy groups -OCH3 is 1. The van der Waals surface area contributed by atoms with Crippen molar-refractivity contribution in [1.29, 1.82) is 0 Å². The number of nitrogens with one attached hydrogen (secondary N) is 1. The Hall–Kier alpha value is -1.36. The number of thiazole rings is 1. The Morgan fingerprint density at radius 1 is 1.75 bits per heavy atom. The second-order valence-electron chi connectivity index (χ2n) is 3.26. The molecule has 1 rings (SSSR count). The van der Waals surface area contributed by atoms with Crippen LogP contribution in [0.2, 0.25) is 0 Å². The number of hydrogen-bond donors (Lipinski definition) is 1. The minimum Gasteiger partial charge on any atom is -0.466 e. The van der Waals surface area contributed by atoms with E-state index < -0.39 is 0 Å². The first-order chi connectivity index (χ1) is 7.67. The third-order valence-corrected chi connectivity index (χ3v) is 3.38. The monoisotopic (exact) mass is 240 g/mol. The number of esters is 1. The summed E-state index contributed by atoms with van der Waals surface area (Å²) in [4.78, 5) is 16.4. The highest BCUT2D eigenvalue weighted by Gasteiger charge is 2.07. The average molecular weight is 240 g/mol. The van der Waals surface area contributed by atoms with Gasteiger partial charge < -0.3 is 10.1 Å². The smallest absolute Gasteiger partial charge is 0.331 e. The van der Waals surface area contributed by atoms with Gasteiger partial charge in [-0.3, -0.25) is 0 Å². The van der Waals surface area contributed by atoms with Gasteiger partial charge in [-0.2, -0.15) is 0 Å². The number of carbonyl (C=O) groups excluding carboxylic acids is 1. The molecule has 0 spiro atoms. The van der Waals surface area contributed by atoms with Gasteiger partial charge in [-0.25, -0.2) is 9.78 Å². The highest BCUT2D eigenvalue weighted by Crippen LogP contribution is 2.19. The van der Waals surface area contributed by atoms with Gasteiger partial charge in [0.2, 0.25) is 0 Å². The lowest BCUT2D eigenvalue weighted by Crippen LogP contribution is -2.12. The number of ether oxygens (including phenoxy) is 1. The summed E-state index contributed by atoms with van der Waals surface area (Å²) in [5.41, 5.74) is 0. The Kier molecular flexibility index (Phi) is 4.98. The molecule has 1 aromatic rings. The second-order valence-corrected chi connectivity index (χ2v) is 4.41. The topological polar surface area (TPSA) is 51.2 Å². The Morgan fingerprint density at radius 3 is 3.06 bits per heavy atom. The van der Waals surface area contributed by atoms with Gasteiger partial charge in [0.05, 0.1) is 13.2 Å². The zero-order valence-corrected chi connectivity index (χ0v) is 10.5. The maximum Gasteiger partial charge on any atom is 0.331 e. The number of nitrogens with zero attached hydrogens (tertiary/aromatic N) is 1.